The third kappa shape index (κ3) is 2.18. The lowest BCUT2D eigenvalue weighted by Gasteiger charge is -2.25. The Morgan fingerprint density at radius 3 is 3.10 bits per heavy atom. The number of para-hydroxylation sites is 1. The van der Waals surface area contributed by atoms with Crippen molar-refractivity contribution in [3.8, 4) is 0 Å². The molecule has 1 amide bonds. The van der Waals surface area contributed by atoms with Gasteiger partial charge in [-0.2, -0.15) is 0 Å². The summed E-state index contributed by atoms with van der Waals surface area (Å²) < 4.78 is 2.10. The molecule has 0 saturated carbocycles. The molecule has 2 heterocycles. The second-order valence-corrected chi connectivity index (χ2v) is 5.61. The molecule has 1 aliphatic heterocycles. The lowest BCUT2D eigenvalue weighted by molar-refractivity contribution is -0.125. The standard InChI is InChI=1S/C15H18ClN3O/c1-10-4-2-5-11-14(10)19(13(18-11)7-8-16)12-6-3-9-17-15(12)20/h2,4-5,12H,3,6-9H2,1H3,(H,17,20). The Bertz CT molecular complexity index is 650. The van der Waals surface area contributed by atoms with E-state index < -0.39 is 0 Å². The van der Waals surface area contributed by atoms with Gasteiger partial charge in [0.15, 0.2) is 0 Å². The molecule has 0 spiro atoms. The van der Waals surface area contributed by atoms with E-state index in [0.29, 0.717) is 12.3 Å². The molecule has 1 N–H and O–H groups in total. The van der Waals surface area contributed by atoms with Gasteiger partial charge in [0, 0.05) is 18.8 Å². The number of amides is 1. The first-order chi connectivity index (χ1) is 9.72. The molecule has 2 aromatic rings. The number of rotatable bonds is 3. The molecule has 0 radical (unpaired) electrons. The SMILES string of the molecule is Cc1cccc2nc(CCCl)n(C3CCCNC3=O)c12. The molecular formula is C15H18ClN3O. The van der Waals surface area contributed by atoms with Gasteiger partial charge in [0.2, 0.25) is 5.91 Å². The van der Waals surface area contributed by atoms with E-state index in [1.54, 1.807) is 0 Å². The van der Waals surface area contributed by atoms with E-state index in [9.17, 15) is 4.79 Å². The van der Waals surface area contributed by atoms with E-state index in [4.69, 9.17) is 11.6 Å². The van der Waals surface area contributed by atoms with Crippen molar-refractivity contribution in [3.05, 3.63) is 29.6 Å². The molecule has 0 aliphatic carbocycles. The number of piperidine rings is 1. The second-order valence-electron chi connectivity index (χ2n) is 5.23. The van der Waals surface area contributed by atoms with Crippen molar-refractivity contribution >= 4 is 28.5 Å². The molecule has 1 atom stereocenters. The van der Waals surface area contributed by atoms with Crippen molar-refractivity contribution in [3.63, 3.8) is 0 Å². The maximum Gasteiger partial charge on any atom is 0.243 e. The first-order valence-corrected chi connectivity index (χ1v) is 7.56. The summed E-state index contributed by atoms with van der Waals surface area (Å²) in [7, 11) is 0. The van der Waals surface area contributed by atoms with Crippen LogP contribution in [0.5, 0.6) is 0 Å². The number of fused-ring (bicyclic) bond motifs is 1. The van der Waals surface area contributed by atoms with Gasteiger partial charge in [0.05, 0.1) is 11.0 Å². The molecule has 1 unspecified atom stereocenters. The molecule has 1 aliphatic rings. The third-order valence-electron chi connectivity index (χ3n) is 3.87. The number of hydrogen-bond acceptors (Lipinski definition) is 2. The van der Waals surface area contributed by atoms with Crippen molar-refractivity contribution in [1.29, 1.82) is 0 Å². The van der Waals surface area contributed by atoms with Crippen LogP contribution in [0, 0.1) is 6.92 Å². The van der Waals surface area contributed by atoms with Gasteiger partial charge >= 0.3 is 0 Å². The summed E-state index contributed by atoms with van der Waals surface area (Å²) in [6.45, 7) is 2.83. The van der Waals surface area contributed by atoms with Gasteiger partial charge in [-0.3, -0.25) is 4.79 Å². The van der Waals surface area contributed by atoms with Crippen LogP contribution in [-0.2, 0) is 11.2 Å². The number of imidazole rings is 1. The second kappa shape index (κ2) is 5.44. The number of carbonyl (C=O) groups excluding carboxylic acids is 1. The largest absolute Gasteiger partial charge is 0.354 e. The number of carbonyl (C=O) groups is 1. The highest BCUT2D eigenvalue weighted by atomic mass is 35.5. The minimum absolute atomic E-state index is 0.0922. The minimum atomic E-state index is -0.159. The first kappa shape index (κ1) is 13.4. The number of aromatic nitrogens is 2. The van der Waals surface area contributed by atoms with Gasteiger partial charge in [-0.1, -0.05) is 12.1 Å². The predicted molar refractivity (Wildman–Crippen MR) is 80.2 cm³/mol. The lowest BCUT2D eigenvalue weighted by atomic mass is 10.1. The smallest absolute Gasteiger partial charge is 0.243 e. The number of hydrogen-bond donors (Lipinski definition) is 1. The van der Waals surface area contributed by atoms with E-state index in [2.05, 4.69) is 27.9 Å². The highest BCUT2D eigenvalue weighted by molar-refractivity contribution is 6.17. The van der Waals surface area contributed by atoms with Crippen LogP contribution in [-0.4, -0.2) is 27.9 Å². The Hall–Kier alpha value is -1.55. The highest BCUT2D eigenvalue weighted by Gasteiger charge is 2.28. The van der Waals surface area contributed by atoms with Crippen LogP contribution in [0.2, 0.25) is 0 Å². The summed E-state index contributed by atoms with van der Waals surface area (Å²) in [6, 6.07) is 5.90. The Morgan fingerprint density at radius 1 is 1.50 bits per heavy atom. The third-order valence-corrected chi connectivity index (χ3v) is 4.06. The van der Waals surface area contributed by atoms with Crippen molar-refractivity contribution in [2.24, 2.45) is 0 Å². The molecule has 1 aromatic heterocycles. The Kier molecular flexibility index (Phi) is 3.66. The van der Waals surface area contributed by atoms with Crippen LogP contribution < -0.4 is 5.32 Å². The normalized spacial score (nSPS) is 19.3. The molecule has 1 saturated heterocycles. The average molecular weight is 292 g/mol. The summed E-state index contributed by atoms with van der Waals surface area (Å²) in [5.41, 5.74) is 3.16. The fraction of sp³-hybridized carbons (Fsp3) is 0.467. The quantitative estimate of drug-likeness (QED) is 0.884. The fourth-order valence-electron chi connectivity index (χ4n) is 2.97. The molecule has 1 aromatic carbocycles. The number of halogens is 1. The summed E-state index contributed by atoms with van der Waals surface area (Å²) in [6.07, 6.45) is 2.54. The van der Waals surface area contributed by atoms with Crippen molar-refractivity contribution in [1.82, 2.24) is 14.9 Å². The van der Waals surface area contributed by atoms with Crippen LogP contribution >= 0.6 is 11.6 Å². The van der Waals surface area contributed by atoms with Gasteiger partial charge in [-0.25, -0.2) is 4.98 Å². The maximum atomic E-state index is 12.2. The van der Waals surface area contributed by atoms with Gasteiger partial charge in [-0.05, 0) is 31.4 Å². The van der Waals surface area contributed by atoms with Gasteiger partial charge in [-0.15, -0.1) is 11.6 Å². The molecule has 0 bridgehead atoms. The van der Waals surface area contributed by atoms with E-state index >= 15 is 0 Å². The Morgan fingerprint density at radius 2 is 2.35 bits per heavy atom. The minimum Gasteiger partial charge on any atom is -0.354 e. The molecule has 20 heavy (non-hydrogen) atoms. The summed E-state index contributed by atoms with van der Waals surface area (Å²) >= 11 is 5.90. The lowest BCUT2D eigenvalue weighted by Crippen LogP contribution is -2.38. The van der Waals surface area contributed by atoms with Gasteiger partial charge < -0.3 is 9.88 Å². The van der Waals surface area contributed by atoms with E-state index in [1.165, 1.54) is 0 Å². The van der Waals surface area contributed by atoms with Crippen molar-refractivity contribution < 1.29 is 4.79 Å². The van der Waals surface area contributed by atoms with E-state index in [-0.39, 0.29) is 11.9 Å². The molecule has 1 fully saturated rings. The molecular weight excluding hydrogens is 274 g/mol. The van der Waals surface area contributed by atoms with Crippen molar-refractivity contribution in [2.45, 2.75) is 32.2 Å². The molecule has 3 rings (SSSR count). The Balaban J connectivity index is 2.19. The van der Waals surface area contributed by atoms with E-state index in [1.807, 2.05) is 12.1 Å². The number of nitrogens with one attached hydrogen (secondary N) is 1. The first-order valence-electron chi connectivity index (χ1n) is 7.02. The van der Waals surface area contributed by atoms with Crippen LogP contribution in [0.3, 0.4) is 0 Å². The summed E-state index contributed by atoms with van der Waals surface area (Å²) in [5, 5.41) is 2.95. The Labute approximate surface area is 123 Å². The zero-order valence-corrected chi connectivity index (χ0v) is 12.3. The average Bonchev–Trinajstić information content (AvgIpc) is 2.79. The fourth-order valence-corrected chi connectivity index (χ4v) is 3.14. The highest BCUT2D eigenvalue weighted by Crippen LogP contribution is 2.28. The topological polar surface area (TPSA) is 46.9 Å². The zero-order chi connectivity index (χ0) is 14.1. The molecule has 4 nitrogen and oxygen atoms in total. The number of aryl methyl sites for hydroxylation is 2. The number of alkyl halides is 1. The van der Waals surface area contributed by atoms with Gasteiger partial charge in [0.25, 0.3) is 0 Å². The van der Waals surface area contributed by atoms with Crippen LogP contribution in [0.1, 0.15) is 30.3 Å². The maximum absolute atomic E-state index is 12.2. The summed E-state index contributed by atoms with van der Waals surface area (Å²) in [5.74, 6) is 1.51. The number of benzene rings is 1. The van der Waals surface area contributed by atoms with E-state index in [0.717, 1.165) is 41.8 Å². The monoisotopic (exact) mass is 291 g/mol. The number of nitrogens with zero attached hydrogens (tertiary/aromatic N) is 2. The predicted octanol–water partition coefficient (Wildman–Crippen LogP) is 2.58. The zero-order valence-electron chi connectivity index (χ0n) is 11.5. The van der Waals surface area contributed by atoms with Crippen LogP contribution in [0.25, 0.3) is 11.0 Å². The van der Waals surface area contributed by atoms with Gasteiger partial charge in [0.1, 0.15) is 11.9 Å². The van der Waals surface area contributed by atoms with Crippen LogP contribution in [0.4, 0.5) is 0 Å². The molecule has 106 valence electrons. The summed E-state index contributed by atoms with van der Waals surface area (Å²) in [4.78, 5) is 16.9. The molecule has 5 heteroatoms. The van der Waals surface area contributed by atoms with Crippen molar-refractivity contribution in [2.75, 3.05) is 12.4 Å². The van der Waals surface area contributed by atoms with Crippen LogP contribution in [0.15, 0.2) is 18.2 Å².